The van der Waals surface area contributed by atoms with Crippen molar-refractivity contribution in [3.63, 3.8) is 0 Å². The van der Waals surface area contributed by atoms with Crippen molar-refractivity contribution in [3.05, 3.63) is 0 Å². The molecule has 0 saturated heterocycles. The predicted octanol–water partition coefficient (Wildman–Crippen LogP) is 1.03. The molecule has 0 aliphatic rings. The van der Waals surface area contributed by atoms with Crippen LogP contribution in [-0.2, 0) is 0 Å². The molecule has 1 N–H and O–H groups in total. The van der Waals surface area contributed by atoms with E-state index < -0.39 is 8.32 Å². The van der Waals surface area contributed by atoms with Gasteiger partial charge in [0.1, 0.15) is 0 Å². The highest BCUT2D eigenvalue weighted by molar-refractivity contribution is 6.78. The molecule has 1 atom stereocenters. The summed E-state index contributed by atoms with van der Waals surface area (Å²) in [4.78, 5) is 9.10. The van der Waals surface area contributed by atoms with Crippen LogP contribution in [0.4, 0.5) is 0 Å². The predicted molar refractivity (Wildman–Crippen MR) is 34.5 cm³/mol. The lowest BCUT2D eigenvalue weighted by Gasteiger charge is -2.05. The summed E-state index contributed by atoms with van der Waals surface area (Å²) in [6.07, 6.45) is 0.910. The largest absolute Gasteiger partial charge is 0.420 e. The van der Waals surface area contributed by atoms with Crippen LogP contribution in [0.5, 0.6) is 0 Å². The van der Waals surface area contributed by atoms with Crippen molar-refractivity contribution in [1.29, 1.82) is 5.26 Å². The molecule has 0 aliphatic heterocycles. The summed E-state index contributed by atoms with van der Waals surface area (Å²) in [5.74, 6) is 0. The summed E-state index contributed by atoms with van der Waals surface area (Å²) >= 11 is 0. The highest BCUT2D eigenvalue weighted by Crippen LogP contribution is 2.04. The van der Waals surface area contributed by atoms with Gasteiger partial charge in [-0.2, -0.15) is 0 Å². The standard InChI is InChI=1S/C5H11NOSi/c1-3-4-8(2,7)5-6/h7H,3-4H2,1-2H3. The summed E-state index contributed by atoms with van der Waals surface area (Å²) in [7, 11) is -2.37. The van der Waals surface area contributed by atoms with E-state index in [1.165, 1.54) is 0 Å². The lowest BCUT2D eigenvalue weighted by atomic mass is 10.6. The molecular formula is C5H11NOSi. The van der Waals surface area contributed by atoms with Gasteiger partial charge in [-0.1, -0.05) is 13.3 Å². The van der Waals surface area contributed by atoms with Crippen molar-refractivity contribution >= 4 is 8.32 Å². The fourth-order valence-corrected chi connectivity index (χ4v) is 1.63. The first-order valence-corrected chi connectivity index (χ1v) is 5.41. The number of nitrogens with zero attached hydrogens (tertiary/aromatic N) is 1. The van der Waals surface area contributed by atoms with E-state index in [4.69, 9.17) is 10.1 Å². The summed E-state index contributed by atoms with van der Waals surface area (Å²) in [5, 5.41) is 8.29. The van der Waals surface area contributed by atoms with Gasteiger partial charge in [-0.3, -0.25) is 0 Å². The van der Waals surface area contributed by atoms with Crippen molar-refractivity contribution < 1.29 is 4.80 Å². The normalized spacial score (nSPS) is 16.8. The van der Waals surface area contributed by atoms with Crippen molar-refractivity contribution in [2.24, 2.45) is 0 Å². The lowest BCUT2D eigenvalue weighted by molar-refractivity contribution is 0.555. The van der Waals surface area contributed by atoms with Crippen LogP contribution in [0.15, 0.2) is 0 Å². The minimum Gasteiger partial charge on any atom is -0.420 e. The van der Waals surface area contributed by atoms with E-state index in [9.17, 15) is 0 Å². The van der Waals surface area contributed by atoms with Gasteiger partial charge in [-0.15, -0.1) is 0 Å². The van der Waals surface area contributed by atoms with E-state index in [0.29, 0.717) is 6.04 Å². The van der Waals surface area contributed by atoms with Gasteiger partial charge in [-0.05, 0) is 12.6 Å². The first kappa shape index (κ1) is 7.67. The lowest BCUT2D eigenvalue weighted by Crippen LogP contribution is -2.26. The molecule has 0 spiro atoms. The Morgan fingerprint density at radius 1 is 1.75 bits per heavy atom. The molecule has 0 rings (SSSR count). The first-order chi connectivity index (χ1) is 3.62. The van der Waals surface area contributed by atoms with Gasteiger partial charge in [0.2, 0.25) is 0 Å². The molecule has 0 aromatic rings. The summed E-state index contributed by atoms with van der Waals surface area (Å²) < 4.78 is 0. The van der Waals surface area contributed by atoms with Crippen molar-refractivity contribution in [2.45, 2.75) is 25.9 Å². The van der Waals surface area contributed by atoms with Crippen molar-refractivity contribution in [2.75, 3.05) is 0 Å². The van der Waals surface area contributed by atoms with Crippen molar-refractivity contribution in [1.82, 2.24) is 0 Å². The summed E-state index contributed by atoms with van der Waals surface area (Å²) in [5.41, 5.74) is 1.94. The summed E-state index contributed by atoms with van der Waals surface area (Å²) in [6, 6.07) is 0.698. The van der Waals surface area contributed by atoms with E-state index in [2.05, 4.69) is 0 Å². The van der Waals surface area contributed by atoms with E-state index in [0.717, 1.165) is 6.42 Å². The second-order valence-corrected chi connectivity index (χ2v) is 5.41. The fourth-order valence-electron chi connectivity index (χ4n) is 0.543. The molecule has 2 nitrogen and oxygen atoms in total. The third-order valence-electron chi connectivity index (χ3n) is 0.978. The monoisotopic (exact) mass is 129 g/mol. The topological polar surface area (TPSA) is 44.0 Å². The SMILES string of the molecule is CCC[Si](C)(O)C#N. The molecule has 0 aromatic carbocycles. The zero-order valence-corrected chi connectivity index (χ0v) is 6.31. The first-order valence-electron chi connectivity index (χ1n) is 2.76. The van der Waals surface area contributed by atoms with E-state index in [1.54, 1.807) is 6.55 Å². The zero-order valence-electron chi connectivity index (χ0n) is 5.31. The molecule has 8 heavy (non-hydrogen) atoms. The van der Waals surface area contributed by atoms with Crippen LogP contribution in [0.25, 0.3) is 0 Å². The molecule has 0 aromatic heterocycles. The average Bonchev–Trinajstić information content (AvgIpc) is 1.67. The van der Waals surface area contributed by atoms with Gasteiger partial charge < -0.3 is 4.80 Å². The van der Waals surface area contributed by atoms with E-state index >= 15 is 0 Å². The van der Waals surface area contributed by atoms with Crippen LogP contribution in [0.2, 0.25) is 12.6 Å². The molecule has 0 bridgehead atoms. The van der Waals surface area contributed by atoms with E-state index in [-0.39, 0.29) is 0 Å². The van der Waals surface area contributed by atoms with Crippen LogP contribution in [0.3, 0.4) is 0 Å². The maximum Gasteiger partial charge on any atom is 0.300 e. The highest BCUT2D eigenvalue weighted by atomic mass is 28.4. The fraction of sp³-hybridized carbons (Fsp3) is 0.800. The molecule has 0 saturated carbocycles. The van der Waals surface area contributed by atoms with Gasteiger partial charge in [0, 0.05) is 0 Å². The molecule has 0 aliphatic carbocycles. The third kappa shape index (κ3) is 2.78. The maximum absolute atomic E-state index is 9.10. The molecular weight excluding hydrogens is 118 g/mol. The minimum absolute atomic E-state index is 0.698. The van der Waals surface area contributed by atoms with Crippen LogP contribution < -0.4 is 0 Å². The Kier molecular flexibility index (Phi) is 2.73. The second-order valence-electron chi connectivity index (χ2n) is 2.14. The Bertz CT molecular complexity index is 105. The number of rotatable bonds is 2. The van der Waals surface area contributed by atoms with Gasteiger partial charge in [0.25, 0.3) is 8.32 Å². The van der Waals surface area contributed by atoms with Crippen LogP contribution in [0.1, 0.15) is 13.3 Å². The minimum atomic E-state index is -2.37. The summed E-state index contributed by atoms with van der Waals surface area (Å²) in [6.45, 7) is 3.63. The molecule has 0 heterocycles. The van der Waals surface area contributed by atoms with Gasteiger partial charge in [0.15, 0.2) is 0 Å². The Labute approximate surface area is 50.9 Å². The van der Waals surface area contributed by atoms with Crippen LogP contribution in [0, 0.1) is 11.0 Å². The van der Waals surface area contributed by atoms with Crippen LogP contribution in [-0.4, -0.2) is 13.1 Å². The van der Waals surface area contributed by atoms with Crippen LogP contribution >= 0.6 is 0 Å². The molecule has 0 amide bonds. The second kappa shape index (κ2) is 2.85. The maximum atomic E-state index is 9.10. The Hall–Kier alpha value is -0.333. The van der Waals surface area contributed by atoms with Gasteiger partial charge in [0.05, 0.1) is 5.69 Å². The smallest absolute Gasteiger partial charge is 0.300 e. The Morgan fingerprint density at radius 3 is 2.38 bits per heavy atom. The third-order valence-corrected chi connectivity index (χ3v) is 2.93. The average molecular weight is 129 g/mol. The molecule has 46 valence electrons. The van der Waals surface area contributed by atoms with Gasteiger partial charge >= 0.3 is 0 Å². The van der Waals surface area contributed by atoms with Gasteiger partial charge in [-0.25, -0.2) is 5.26 Å². The number of hydrogen-bond donors (Lipinski definition) is 1. The highest BCUT2D eigenvalue weighted by Gasteiger charge is 2.22. The number of hydrogen-bond acceptors (Lipinski definition) is 2. The molecule has 0 radical (unpaired) electrons. The Morgan fingerprint density at radius 2 is 2.25 bits per heavy atom. The zero-order chi connectivity index (χ0) is 6.62. The molecule has 1 unspecified atom stereocenters. The molecule has 3 heteroatoms. The molecule has 0 fully saturated rings. The quantitative estimate of drug-likeness (QED) is 0.566. The Balaban J connectivity index is 3.59. The van der Waals surface area contributed by atoms with E-state index in [1.807, 2.05) is 12.6 Å². The van der Waals surface area contributed by atoms with Crippen molar-refractivity contribution in [3.8, 4) is 5.69 Å². The number of nitriles is 1.